The second kappa shape index (κ2) is 10.4. The van der Waals surface area contributed by atoms with Crippen molar-refractivity contribution in [3.63, 3.8) is 0 Å². The number of allylic oxidation sites excluding steroid dienone is 1. The minimum Gasteiger partial charge on any atom is -0.388 e. The van der Waals surface area contributed by atoms with Crippen LogP contribution < -0.4 is 10.6 Å². The zero-order chi connectivity index (χ0) is 13.9. The van der Waals surface area contributed by atoms with Crippen LogP contribution in [0.3, 0.4) is 0 Å². The second-order valence-electron chi connectivity index (χ2n) is 6.54. The topological polar surface area (TPSA) is 24.1 Å². The molecule has 0 aromatic heterocycles. The Bertz CT molecular complexity index is 204. The van der Waals surface area contributed by atoms with Gasteiger partial charge in [-0.2, -0.15) is 0 Å². The SMILES string of the molecule is C=C(C)NCCNCCCCCCCC(C)(C)C. The highest BCUT2D eigenvalue weighted by atomic mass is 14.9. The third-order valence-corrected chi connectivity index (χ3v) is 3.01. The molecule has 0 heterocycles. The molecular weight excluding hydrogens is 220 g/mol. The summed E-state index contributed by atoms with van der Waals surface area (Å²) in [5.74, 6) is 0. The van der Waals surface area contributed by atoms with Crippen molar-refractivity contribution in [2.45, 2.75) is 66.2 Å². The standard InChI is InChI=1S/C16H34N2/c1-15(2)18-14-13-17-12-10-8-6-7-9-11-16(3,4)5/h17-18H,1,6-14H2,2-5H3. The van der Waals surface area contributed by atoms with Gasteiger partial charge >= 0.3 is 0 Å². The molecule has 2 nitrogen and oxygen atoms in total. The van der Waals surface area contributed by atoms with E-state index in [1.165, 1.54) is 38.5 Å². The lowest BCUT2D eigenvalue weighted by Gasteiger charge is -2.17. The van der Waals surface area contributed by atoms with Crippen LogP contribution in [0.1, 0.15) is 66.2 Å². The van der Waals surface area contributed by atoms with Crippen molar-refractivity contribution in [3.05, 3.63) is 12.3 Å². The van der Waals surface area contributed by atoms with Crippen LogP contribution in [0.25, 0.3) is 0 Å². The van der Waals surface area contributed by atoms with Crippen LogP contribution >= 0.6 is 0 Å². The monoisotopic (exact) mass is 254 g/mol. The highest BCUT2D eigenvalue weighted by Gasteiger charge is 2.08. The summed E-state index contributed by atoms with van der Waals surface area (Å²) in [4.78, 5) is 0. The molecule has 0 aliphatic heterocycles. The van der Waals surface area contributed by atoms with Crippen LogP contribution in [0.4, 0.5) is 0 Å². The first-order valence-electron chi connectivity index (χ1n) is 7.52. The van der Waals surface area contributed by atoms with Gasteiger partial charge in [-0.05, 0) is 31.7 Å². The van der Waals surface area contributed by atoms with Gasteiger partial charge in [-0.25, -0.2) is 0 Å². The highest BCUT2D eigenvalue weighted by Crippen LogP contribution is 2.22. The van der Waals surface area contributed by atoms with Crippen LogP contribution in [0.2, 0.25) is 0 Å². The molecule has 2 N–H and O–H groups in total. The number of rotatable bonds is 11. The van der Waals surface area contributed by atoms with Crippen molar-refractivity contribution in [2.24, 2.45) is 5.41 Å². The average molecular weight is 254 g/mol. The third kappa shape index (κ3) is 15.5. The molecule has 18 heavy (non-hydrogen) atoms. The van der Waals surface area contributed by atoms with E-state index in [1.54, 1.807) is 0 Å². The van der Waals surface area contributed by atoms with E-state index in [4.69, 9.17) is 0 Å². The van der Waals surface area contributed by atoms with E-state index in [1.807, 2.05) is 6.92 Å². The molecule has 0 aliphatic rings. The van der Waals surface area contributed by atoms with Crippen molar-refractivity contribution >= 4 is 0 Å². The summed E-state index contributed by atoms with van der Waals surface area (Å²) in [6, 6.07) is 0. The minimum atomic E-state index is 0.512. The van der Waals surface area contributed by atoms with E-state index < -0.39 is 0 Å². The first kappa shape index (κ1) is 17.5. The molecule has 0 saturated heterocycles. The number of unbranched alkanes of at least 4 members (excludes halogenated alkanes) is 4. The molecule has 0 aliphatic carbocycles. The lowest BCUT2D eigenvalue weighted by Crippen LogP contribution is -2.26. The van der Waals surface area contributed by atoms with Crippen molar-refractivity contribution in [3.8, 4) is 0 Å². The maximum Gasteiger partial charge on any atom is 0.0268 e. The van der Waals surface area contributed by atoms with Crippen molar-refractivity contribution in [1.29, 1.82) is 0 Å². The van der Waals surface area contributed by atoms with Crippen LogP contribution in [-0.2, 0) is 0 Å². The zero-order valence-corrected chi connectivity index (χ0v) is 13.1. The molecule has 108 valence electrons. The normalized spacial score (nSPS) is 11.6. The molecule has 0 bridgehead atoms. The molecule has 0 spiro atoms. The Balaban J connectivity index is 3.06. The summed E-state index contributed by atoms with van der Waals surface area (Å²) >= 11 is 0. The van der Waals surface area contributed by atoms with Crippen molar-refractivity contribution in [1.82, 2.24) is 10.6 Å². The molecule has 0 atom stereocenters. The predicted octanol–water partition coefficient (Wildman–Crippen LogP) is 4.09. The maximum atomic E-state index is 3.81. The van der Waals surface area contributed by atoms with Gasteiger partial charge in [-0.15, -0.1) is 0 Å². The number of hydrogen-bond donors (Lipinski definition) is 2. The van der Waals surface area contributed by atoms with Gasteiger partial charge in [0.05, 0.1) is 0 Å². The van der Waals surface area contributed by atoms with E-state index in [9.17, 15) is 0 Å². The third-order valence-electron chi connectivity index (χ3n) is 3.01. The first-order chi connectivity index (χ1) is 8.42. The first-order valence-corrected chi connectivity index (χ1v) is 7.52. The van der Waals surface area contributed by atoms with E-state index in [2.05, 4.69) is 38.0 Å². The van der Waals surface area contributed by atoms with Gasteiger partial charge in [0, 0.05) is 18.8 Å². The summed E-state index contributed by atoms with van der Waals surface area (Å²) < 4.78 is 0. The molecule has 2 heteroatoms. The molecule has 0 aromatic rings. The van der Waals surface area contributed by atoms with Gasteiger partial charge in [0.15, 0.2) is 0 Å². The Labute approximate surface area is 115 Å². The number of hydrogen-bond acceptors (Lipinski definition) is 2. The molecule has 0 amide bonds. The van der Waals surface area contributed by atoms with Gasteiger partial charge in [-0.1, -0.05) is 53.0 Å². The Kier molecular flexibility index (Phi) is 10.1. The molecular formula is C16H34N2. The summed E-state index contributed by atoms with van der Waals surface area (Å²) in [6.45, 7) is 16.0. The van der Waals surface area contributed by atoms with Crippen LogP contribution in [0, 0.1) is 5.41 Å². The van der Waals surface area contributed by atoms with Gasteiger partial charge < -0.3 is 10.6 Å². The summed E-state index contributed by atoms with van der Waals surface area (Å²) in [5, 5.41) is 6.67. The smallest absolute Gasteiger partial charge is 0.0268 e. The predicted molar refractivity (Wildman–Crippen MR) is 82.8 cm³/mol. The Hall–Kier alpha value is -0.500. The summed E-state index contributed by atoms with van der Waals surface area (Å²) in [5.41, 5.74) is 1.56. The van der Waals surface area contributed by atoms with Crippen LogP contribution in [0.5, 0.6) is 0 Å². The molecule has 0 fully saturated rings. The molecule has 0 unspecified atom stereocenters. The average Bonchev–Trinajstić information content (AvgIpc) is 2.24. The largest absolute Gasteiger partial charge is 0.388 e. The second-order valence-corrected chi connectivity index (χ2v) is 6.54. The van der Waals surface area contributed by atoms with Crippen molar-refractivity contribution < 1.29 is 0 Å². The summed E-state index contributed by atoms with van der Waals surface area (Å²) in [6.07, 6.45) is 8.21. The van der Waals surface area contributed by atoms with Crippen LogP contribution in [-0.4, -0.2) is 19.6 Å². The molecule has 0 radical (unpaired) electrons. The molecule has 0 aromatic carbocycles. The quantitative estimate of drug-likeness (QED) is 0.543. The Morgan fingerprint density at radius 1 is 0.889 bits per heavy atom. The minimum absolute atomic E-state index is 0.512. The lowest BCUT2D eigenvalue weighted by molar-refractivity contribution is 0.356. The zero-order valence-electron chi connectivity index (χ0n) is 13.1. The van der Waals surface area contributed by atoms with Gasteiger partial charge in [-0.3, -0.25) is 0 Å². The Morgan fingerprint density at radius 3 is 2.11 bits per heavy atom. The van der Waals surface area contributed by atoms with Gasteiger partial charge in [0.25, 0.3) is 0 Å². The summed E-state index contributed by atoms with van der Waals surface area (Å²) in [7, 11) is 0. The number of nitrogens with one attached hydrogen (secondary N) is 2. The molecule has 0 rings (SSSR count). The van der Waals surface area contributed by atoms with E-state index in [-0.39, 0.29) is 0 Å². The van der Waals surface area contributed by atoms with E-state index in [0.29, 0.717) is 5.41 Å². The fraction of sp³-hybridized carbons (Fsp3) is 0.875. The van der Waals surface area contributed by atoms with Crippen molar-refractivity contribution in [2.75, 3.05) is 19.6 Å². The van der Waals surface area contributed by atoms with Crippen LogP contribution in [0.15, 0.2) is 12.3 Å². The van der Waals surface area contributed by atoms with Gasteiger partial charge in [0.1, 0.15) is 0 Å². The van der Waals surface area contributed by atoms with E-state index >= 15 is 0 Å². The van der Waals surface area contributed by atoms with Gasteiger partial charge in [0.2, 0.25) is 0 Å². The fourth-order valence-corrected chi connectivity index (χ4v) is 1.92. The fourth-order valence-electron chi connectivity index (χ4n) is 1.92. The highest BCUT2D eigenvalue weighted by molar-refractivity contribution is 4.83. The Morgan fingerprint density at radius 2 is 1.50 bits per heavy atom. The molecule has 0 saturated carbocycles. The van der Waals surface area contributed by atoms with E-state index in [0.717, 1.165) is 25.3 Å². The maximum absolute atomic E-state index is 3.81. The lowest BCUT2D eigenvalue weighted by atomic mass is 9.89.